The van der Waals surface area contributed by atoms with Crippen molar-refractivity contribution in [1.82, 2.24) is 30.2 Å². The summed E-state index contributed by atoms with van der Waals surface area (Å²) in [5.41, 5.74) is -5.81. The summed E-state index contributed by atoms with van der Waals surface area (Å²) in [6.07, 6.45) is -3.38. The van der Waals surface area contributed by atoms with Crippen LogP contribution >= 0.6 is 0 Å². The first-order valence-corrected chi connectivity index (χ1v) is 23.0. The molecule has 3 heterocycles. The van der Waals surface area contributed by atoms with Gasteiger partial charge in [-0.15, -0.1) is 0 Å². The third-order valence-corrected chi connectivity index (χ3v) is 14.8. The van der Waals surface area contributed by atoms with Crippen LogP contribution in [0.4, 0.5) is 26.7 Å². The second-order valence-corrected chi connectivity index (χ2v) is 21.0. The van der Waals surface area contributed by atoms with Gasteiger partial charge in [0.25, 0.3) is 11.8 Å². The maximum absolute atomic E-state index is 15.1. The fourth-order valence-corrected chi connectivity index (χ4v) is 9.37. The molecule has 16 nitrogen and oxygen atoms in total. The Hall–Kier alpha value is -4.86. The summed E-state index contributed by atoms with van der Waals surface area (Å²) in [4.78, 5) is 66.1. The predicted octanol–water partition coefficient (Wildman–Crippen LogP) is 5.82. The van der Waals surface area contributed by atoms with Crippen molar-refractivity contribution >= 4 is 44.9 Å². The summed E-state index contributed by atoms with van der Waals surface area (Å²) in [7, 11) is -2.84. The molecule has 0 spiro atoms. The van der Waals surface area contributed by atoms with Gasteiger partial charge in [-0.05, 0) is 91.2 Å². The van der Waals surface area contributed by atoms with Crippen molar-refractivity contribution in [1.29, 1.82) is 0 Å². The fraction of sp³-hybridized carbons (Fsp3) is 0.674. The first-order valence-electron chi connectivity index (χ1n) is 21.5. The SMILES string of the molecule is COC[C@@H]1C[C@@H](C)CC/C=C\[C@@H]2C[C@@]2(C(=O)NS(=O)(=O)C2(C)CC2)NC(=O)[C@@H]2C[C@@H](Oc3nc4cc(OC(C)C)ccc4nc3C(F)(F)F)CN2C(=O)[C@H]1NC(=O)OC(C)(C)C(C)(F)F. The number of alkyl halides is 5. The van der Waals surface area contributed by atoms with E-state index in [4.69, 9.17) is 18.9 Å². The molecule has 6 rings (SSSR count). The molecule has 1 aromatic carbocycles. The number of nitrogens with one attached hydrogen (secondary N) is 3. The normalized spacial score (nSPS) is 27.9. The van der Waals surface area contributed by atoms with Gasteiger partial charge in [0.15, 0.2) is 5.60 Å². The molecule has 2 aliphatic carbocycles. The molecule has 0 unspecified atom stereocenters. The summed E-state index contributed by atoms with van der Waals surface area (Å²) < 4.78 is 123. The number of halogens is 5. The van der Waals surface area contributed by atoms with Crippen LogP contribution in [0.3, 0.4) is 0 Å². The smallest absolute Gasteiger partial charge is 0.438 e. The van der Waals surface area contributed by atoms with E-state index in [0.29, 0.717) is 32.6 Å². The van der Waals surface area contributed by atoms with Crippen LogP contribution in [0.5, 0.6) is 11.6 Å². The maximum atomic E-state index is 15.1. The number of amides is 4. The van der Waals surface area contributed by atoms with E-state index in [1.165, 1.54) is 32.2 Å². The van der Waals surface area contributed by atoms with E-state index >= 15 is 4.79 Å². The topological polar surface area (TPSA) is 204 Å². The highest BCUT2D eigenvalue weighted by molar-refractivity contribution is 7.91. The zero-order chi connectivity index (χ0) is 48.1. The predicted molar refractivity (Wildman–Crippen MR) is 224 cm³/mol. The van der Waals surface area contributed by atoms with Gasteiger partial charge in [0, 0.05) is 38.4 Å². The van der Waals surface area contributed by atoms with E-state index in [-0.39, 0.29) is 48.3 Å². The Labute approximate surface area is 374 Å². The number of sulfonamides is 1. The quantitative estimate of drug-likeness (QED) is 0.170. The van der Waals surface area contributed by atoms with Gasteiger partial charge in [0.05, 0.1) is 35.0 Å². The molecular weight excluding hydrogens is 888 g/mol. The van der Waals surface area contributed by atoms with E-state index < -0.39 is 116 Å². The third-order valence-electron chi connectivity index (χ3n) is 12.7. The minimum atomic E-state index is -5.09. The fourth-order valence-electron chi connectivity index (χ4n) is 8.06. The van der Waals surface area contributed by atoms with Gasteiger partial charge in [-0.25, -0.2) is 32.0 Å². The van der Waals surface area contributed by atoms with Gasteiger partial charge in [0.1, 0.15) is 29.5 Å². The summed E-state index contributed by atoms with van der Waals surface area (Å²) in [5.74, 6) is -8.90. The standard InChI is InChI=1S/C43H57F5N6O10S/c1-23(2)62-27-13-14-29-30(18-27)50-35(33(49-29)43(46,47)48)63-28-19-31-34(55)52-42(37(57)53-65(59,60)40(6)15-16-40)20-26(42)12-10-9-11-24(3)17-25(22-61-8)32(36(56)54(31)21-28)51-38(58)64-39(4,5)41(7,44)45/h10,12-14,18,23-26,28,31-32H,9,11,15-17,19-22H2,1-8H3,(H,51,58)(H,52,55)(H,53,57)/b12-10-/t24-,25-,26+,28+,31-,32-,42+/m0/s1. The number of aromatic nitrogens is 2. The van der Waals surface area contributed by atoms with Crippen LogP contribution in [0.1, 0.15) is 99.1 Å². The van der Waals surface area contributed by atoms with Crippen LogP contribution in [0.2, 0.25) is 0 Å². The third kappa shape index (κ3) is 10.9. The van der Waals surface area contributed by atoms with Gasteiger partial charge < -0.3 is 34.5 Å². The Kier molecular flexibility index (Phi) is 13.8. The van der Waals surface area contributed by atoms with Gasteiger partial charge in [0.2, 0.25) is 33.4 Å². The van der Waals surface area contributed by atoms with Gasteiger partial charge in [-0.3, -0.25) is 19.1 Å². The van der Waals surface area contributed by atoms with Gasteiger partial charge in [-0.2, -0.15) is 13.2 Å². The van der Waals surface area contributed by atoms with Crippen LogP contribution in [0, 0.1) is 17.8 Å². The zero-order valence-electron chi connectivity index (χ0n) is 37.5. The first-order chi connectivity index (χ1) is 30.1. The first kappa shape index (κ1) is 49.6. The molecule has 0 radical (unpaired) electrons. The number of benzene rings is 1. The highest BCUT2D eigenvalue weighted by Gasteiger charge is 2.63. The summed E-state index contributed by atoms with van der Waals surface area (Å²) in [6, 6.07) is 0.876. The van der Waals surface area contributed by atoms with E-state index in [2.05, 4.69) is 25.3 Å². The van der Waals surface area contributed by atoms with Gasteiger partial charge >= 0.3 is 12.3 Å². The van der Waals surface area contributed by atoms with Crippen molar-refractivity contribution in [3.8, 4) is 11.6 Å². The van der Waals surface area contributed by atoms with E-state index in [0.717, 1.165) is 18.7 Å². The lowest BCUT2D eigenvalue weighted by atomic mass is 9.87. The Bertz CT molecular complexity index is 2300. The lowest BCUT2D eigenvalue weighted by Gasteiger charge is -2.35. The summed E-state index contributed by atoms with van der Waals surface area (Å²) in [6.45, 7) is 8.63. The minimum absolute atomic E-state index is 0.0165. The second kappa shape index (κ2) is 18.1. The van der Waals surface area contributed by atoms with Crippen LogP contribution in [0.15, 0.2) is 30.4 Å². The molecule has 1 aromatic heterocycles. The van der Waals surface area contributed by atoms with Crippen LogP contribution in [0.25, 0.3) is 11.0 Å². The summed E-state index contributed by atoms with van der Waals surface area (Å²) in [5, 5.41) is 5.11. The van der Waals surface area contributed by atoms with Crippen LogP contribution in [-0.2, 0) is 40.1 Å². The largest absolute Gasteiger partial charge is 0.491 e. The highest BCUT2D eigenvalue weighted by atomic mass is 32.2. The molecule has 2 aliphatic heterocycles. The number of methoxy groups -OCH3 is 1. The lowest BCUT2D eigenvalue weighted by molar-refractivity contribution is -0.152. The average Bonchev–Trinajstić information content (AvgIpc) is 4.06. The Morgan fingerprint density at radius 1 is 1.05 bits per heavy atom. The Balaban J connectivity index is 1.42. The molecule has 2 saturated carbocycles. The number of carbonyl (C=O) groups excluding carboxylic acids is 4. The Morgan fingerprint density at radius 3 is 2.35 bits per heavy atom. The molecular formula is C43H57F5N6O10S. The molecule has 7 atom stereocenters. The maximum Gasteiger partial charge on any atom is 0.438 e. The van der Waals surface area contributed by atoms with E-state index in [1.54, 1.807) is 26.0 Å². The highest BCUT2D eigenvalue weighted by Crippen LogP contribution is 2.48. The van der Waals surface area contributed by atoms with E-state index in [9.17, 15) is 44.8 Å². The molecule has 360 valence electrons. The number of allylic oxidation sites excluding steroid dienone is 1. The van der Waals surface area contributed by atoms with Crippen molar-refractivity contribution < 1.29 is 68.5 Å². The number of carbonyl (C=O) groups is 4. The lowest BCUT2D eigenvalue weighted by Crippen LogP contribution is -2.60. The Morgan fingerprint density at radius 2 is 1.74 bits per heavy atom. The molecule has 3 N–H and O–H groups in total. The number of ether oxygens (including phenoxy) is 4. The van der Waals surface area contributed by atoms with Crippen LogP contribution < -0.4 is 24.8 Å². The molecule has 4 amide bonds. The number of hydrogen-bond donors (Lipinski definition) is 3. The van der Waals surface area contributed by atoms with E-state index in [1.807, 2.05) is 6.92 Å². The molecule has 0 bridgehead atoms. The number of fused-ring (bicyclic) bond motifs is 3. The molecule has 22 heteroatoms. The number of alkyl carbamates (subject to hydrolysis) is 1. The van der Waals surface area contributed by atoms with Crippen molar-refractivity contribution in [3.05, 3.63) is 36.0 Å². The minimum Gasteiger partial charge on any atom is -0.491 e. The van der Waals surface area contributed by atoms with Crippen molar-refractivity contribution in [2.45, 2.75) is 146 Å². The zero-order valence-corrected chi connectivity index (χ0v) is 38.3. The number of rotatable bonds is 12. The monoisotopic (exact) mass is 944 g/mol. The van der Waals surface area contributed by atoms with Crippen LogP contribution in [-0.4, -0.2) is 113 Å². The van der Waals surface area contributed by atoms with Crippen molar-refractivity contribution in [2.75, 3.05) is 20.3 Å². The molecule has 1 saturated heterocycles. The second-order valence-electron chi connectivity index (χ2n) is 18.8. The van der Waals surface area contributed by atoms with Crippen molar-refractivity contribution in [3.63, 3.8) is 0 Å². The average molecular weight is 945 g/mol. The van der Waals surface area contributed by atoms with Gasteiger partial charge in [-0.1, -0.05) is 19.1 Å². The van der Waals surface area contributed by atoms with Crippen molar-refractivity contribution in [2.24, 2.45) is 17.8 Å². The molecule has 4 aliphatic rings. The number of nitrogens with zero attached hydrogens (tertiary/aromatic N) is 3. The summed E-state index contributed by atoms with van der Waals surface area (Å²) >= 11 is 0. The number of hydrogen-bond acceptors (Lipinski definition) is 12. The molecule has 2 aromatic rings. The molecule has 3 fully saturated rings. The molecule has 65 heavy (non-hydrogen) atoms.